The van der Waals surface area contributed by atoms with E-state index in [9.17, 15) is 14.7 Å². The van der Waals surface area contributed by atoms with E-state index in [0.29, 0.717) is 24.5 Å². The number of pyridine rings is 1. The molecular weight excluding hydrogens is 244 g/mol. The Morgan fingerprint density at radius 2 is 2.21 bits per heavy atom. The van der Waals surface area contributed by atoms with Crippen molar-refractivity contribution < 1.29 is 14.7 Å². The topological polar surface area (TPSA) is 70.5 Å². The number of carboxylic acid groups (broad SMARTS) is 1. The first-order valence-electron chi connectivity index (χ1n) is 6.53. The molecule has 1 amide bonds. The first-order valence-corrected chi connectivity index (χ1v) is 6.53. The van der Waals surface area contributed by atoms with E-state index < -0.39 is 11.5 Å². The number of carboxylic acids is 1. The minimum absolute atomic E-state index is 0.0503. The molecule has 3 atom stereocenters. The first-order chi connectivity index (χ1) is 9.04. The van der Waals surface area contributed by atoms with Crippen LogP contribution in [0.4, 0.5) is 0 Å². The summed E-state index contributed by atoms with van der Waals surface area (Å²) in [5, 5.41) is 9.51. The lowest BCUT2D eigenvalue weighted by Crippen LogP contribution is -2.74. The van der Waals surface area contributed by atoms with Crippen LogP contribution in [0.1, 0.15) is 36.7 Å². The number of hydrogen-bond acceptors (Lipinski definition) is 3. The minimum Gasteiger partial charge on any atom is -0.479 e. The van der Waals surface area contributed by atoms with Gasteiger partial charge in [0.25, 0.3) is 5.91 Å². The van der Waals surface area contributed by atoms with Gasteiger partial charge in [0.15, 0.2) is 0 Å². The van der Waals surface area contributed by atoms with Crippen molar-refractivity contribution >= 4 is 11.9 Å². The van der Waals surface area contributed by atoms with Crippen molar-refractivity contribution in [2.75, 3.05) is 0 Å². The Morgan fingerprint density at radius 3 is 2.84 bits per heavy atom. The maximum absolute atomic E-state index is 12.5. The average Bonchev–Trinajstić information content (AvgIpc) is 2.38. The number of aromatic nitrogens is 1. The van der Waals surface area contributed by atoms with Crippen LogP contribution in [0.25, 0.3) is 0 Å². The van der Waals surface area contributed by atoms with E-state index in [2.05, 4.69) is 4.98 Å². The molecule has 2 aliphatic heterocycles. The van der Waals surface area contributed by atoms with E-state index in [1.165, 1.54) is 4.90 Å². The summed E-state index contributed by atoms with van der Waals surface area (Å²) in [6.45, 7) is 2.05. The summed E-state index contributed by atoms with van der Waals surface area (Å²) in [5.41, 5.74) is -0.677. The molecule has 0 spiro atoms. The molecule has 3 fully saturated rings. The van der Waals surface area contributed by atoms with Gasteiger partial charge in [0.2, 0.25) is 0 Å². The number of fused-ring (bicyclic) bond motifs is 2. The fraction of sp³-hybridized carbons (Fsp3) is 0.500. The van der Waals surface area contributed by atoms with Gasteiger partial charge >= 0.3 is 5.97 Å². The van der Waals surface area contributed by atoms with Crippen LogP contribution in [-0.4, -0.2) is 38.4 Å². The summed E-state index contributed by atoms with van der Waals surface area (Å²) in [6, 6.07) is 5.17. The number of hydrogen-bond donors (Lipinski definition) is 1. The van der Waals surface area contributed by atoms with Crippen LogP contribution in [0.5, 0.6) is 0 Å². The van der Waals surface area contributed by atoms with Crippen molar-refractivity contribution in [3.8, 4) is 0 Å². The van der Waals surface area contributed by atoms with Gasteiger partial charge in [-0.25, -0.2) is 4.79 Å². The van der Waals surface area contributed by atoms with Gasteiger partial charge in [-0.15, -0.1) is 0 Å². The maximum Gasteiger partial charge on any atom is 0.329 e. The monoisotopic (exact) mass is 260 g/mol. The van der Waals surface area contributed by atoms with Crippen molar-refractivity contribution in [3.05, 3.63) is 30.1 Å². The molecule has 3 heterocycles. The van der Waals surface area contributed by atoms with Crippen LogP contribution in [-0.2, 0) is 4.79 Å². The van der Waals surface area contributed by atoms with Crippen LogP contribution in [0.3, 0.4) is 0 Å². The predicted molar refractivity (Wildman–Crippen MR) is 67.6 cm³/mol. The van der Waals surface area contributed by atoms with Gasteiger partial charge in [0.1, 0.15) is 11.2 Å². The summed E-state index contributed by atoms with van der Waals surface area (Å²) in [5.74, 6) is -0.798. The fourth-order valence-corrected chi connectivity index (χ4v) is 3.56. The van der Waals surface area contributed by atoms with E-state index in [4.69, 9.17) is 0 Å². The van der Waals surface area contributed by atoms with Crippen molar-refractivity contribution in [1.82, 2.24) is 9.88 Å². The Morgan fingerprint density at radius 1 is 1.42 bits per heavy atom. The lowest BCUT2D eigenvalue weighted by atomic mass is 9.64. The molecule has 3 aliphatic rings. The van der Waals surface area contributed by atoms with Gasteiger partial charge in [-0.05, 0) is 30.9 Å². The van der Waals surface area contributed by atoms with Gasteiger partial charge in [-0.1, -0.05) is 13.0 Å². The summed E-state index contributed by atoms with van der Waals surface area (Å²) < 4.78 is 0. The molecule has 1 aromatic heterocycles. The highest BCUT2D eigenvalue weighted by Crippen LogP contribution is 2.50. The molecule has 1 aliphatic carbocycles. The molecule has 5 heteroatoms. The number of aliphatic carboxylic acids is 1. The summed E-state index contributed by atoms with van der Waals surface area (Å²) >= 11 is 0. The number of carbonyl (C=O) groups excluding carboxylic acids is 1. The minimum atomic E-state index is -1.00. The molecule has 100 valence electrons. The Kier molecular flexibility index (Phi) is 2.59. The molecule has 0 radical (unpaired) electrons. The van der Waals surface area contributed by atoms with E-state index in [-0.39, 0.29) is 11.9 Å². The van der Waals surface area contributed by atoms with Crippen molar-refractivity contribution in [2.45, 2.75) is 37.8 Å². The Bertz CT molecular complexity index is 531. The zero-order chi connectivity index (χ0) is 13.6. The zero-order valence-corrected chi connectivity index (χ0v) is 10.7. The third kappa shape index (κ3) is 1.64. The molecule has 0 unspecified atom stereocenters. The van der Waals surface area contributed by atoms with E-state index in [1.807, 2.05) is 6.92 Å². The van der Waals surface area contributed by atoms with E-state index in [0.717, 1.165) is 6.42 Å². The lowest BCUT2D eigenvalue weighted by molar-refractivity contribution is -0.174. The summed E-state index contributed by atoms with van der Waals surface area (Å²) in [4.78, 5) is 29.6. The molecule has 1 saturated carbocycles. The van der Waals surface area contributed by atoms with Crippen LogP contribution < -0.4 is 0 Å². The van der Waals surface area contributed by atoms with Gasteiger partial charge in [-0.3, -0.25) is 9.78 Å². The van der Waals surface area contributed by atoms with Gasteiger partial charge in [0.05, 0.1) is 0 Å². The number of carbonyl (C=O) groups is 2. The van der Waals surface area contributed by atoms with E-state index in [1.54, 1.807) is 24.4 Å². The third-order valence-corrected chi connectivity index (χ3v) is 4.26. The summed E-state index contributed by atoms with van der Waals surface area (Å²) in [7, 11) is 0. The molecule has 2 bridgehead atoms. The third-order valence-electron chi connectivity index (χ3n) is 4.26. The molecule has 5 nitrogen and oxygen atoms in total. The van der Waals surface area contributed by atoms with Gasteiger partial charge < -0.3 is 10.0 Å². The zero-order valence-electron chi connectivity index (χ0n) is 10.7. The lowest BCUT2D eigenvalue weighted by Gasteiger charge is -2.60. The Labute approximate surface area is 111 Å². The van der Waals surface area contributed by atoms with Crippen molar-refractivity contribution in [2.24, 2.45) is 5.92 Å². The number of amides is 1. The van der Waals surface area contributed by atoms with Gasteiger partial charge in [-0.2, -0.15) is 0 Å². The van der Waals surface area contributed by atoms with E-state index >= 15 is 0 Å². The average molecular weight is 260 g/mol. The summed E-state index contributed by atoms with van der Waals surface area (Å²) in [6.07, 6.45) is 3.55. The molecule has 19 heavy (non-hydrogen) atoms. The van der Waals surface area contributed by atoms with Crippen LogP contribution in [0.2, 0.25) is 0 Å². The van der Waals surface area contributed by atoms with Gasteiger partial charge in [0, 0.05) is 18.7 Å². The Balaban J connectivity index is 1.93. The molecule has 0 aromatic carbocycles. The smallest absolute Gasteiger partial charge is 0.329 e. The van der Waals surface area contributed by atoms with Crippen molar-refractivity contribution in [3.63, 3.8) is 0 Å². The first kappa shape index (κ1) is 12.1. The quantitative estimate of drug-likeness (QED) is 0.875. The molecule has 1 N–H and O–H groups in total. The highest BCUT2D eigenvalue weighted by Gasteiger charge is 2.63. The standard InChI is InChI=1S/C14H16N2O3/c1-9-6-10-8-14(7-9,13(18)19)16(10)12(17)11-4-2-3-5-15-11/h2-5,9-10H,6-8H2,1H3,(H,18,19)/t9-,10-,14+/m1/s1. The fourth-order valence-electron chi connectivity index (χ4n) is 3.56. The molecule has 1 aromatic rings. The second-order valence-electron chi connectivity index (χ2n) is 5.63. The predicted octanol–water partition coefficient (Wildman–Crippen LogP) is 1.55. The Hall–Kier alpha value is -1.91. The highest BCUT2D eigenvalue weighted by atomic mass is 16.4. The molecule has 2 saturated heterocycles. The number of piperidine rings is 1. The molecular formula is C14H16N2O3. The second-order valence-corrected chi connectivity index (χ2v) is 5.63. The second kappa shape index (κ2) is 4.05. The van der Waals surface area contributed by atoms with Crippen LogP contribution >= 0.6 is 0 Å². The number of nitrogens with zero attached hydrogens (tertiary/aromatic N) is 2. The maximum atomic E-state index is 12.5. The van der Waals surface area contributed by atoms with Crippen LogP contribution in [0, 0.1) is 5.92 Å². The normalized spacial score (nSPS) is 32.6. The highest BCUT2D eigenvalue weighted by molar-refractivity contribution is 5.98. The largest absolute Gasteiger partial charge is 0.479 e. The molecule has 4 rings (SSSR count). The van der Waals surface area contributed by atoms with Crippen molar-refractivity contribution in [1.29, 1.82) is 0 Å². The SMILES string of the molecule is C[C@@H]1C[C@@H]2C[C@](C(=O)O)(C1)N2C(=O)c1ccccn1. The number of rotatable bonds is 2. The van der Waals surface area contributed by atoms with Crippen LogP contribution in [0.15, 0.2) is 24.4 Å².